The van der Waals surface area contributed by atoms with E-state index in [1.165, 1.54) is 11.1 Å². The fraction of sp³-hybridized carbons (Fsp3) is 0.571. The van der Waals surface area contributed by atoms with Gasteiger partial charge in [0.2, 0.25) is 0 Å². The first-order chi connectivity index (χ1) is 8.17. The molecule has 0 atom stereocenters. The van der Waals surface area contributed by atoms with Crippen molar-refractivity contribution in [3.8, 4) is 0 Å². The molecule has 1 rings (SSSR count). The molecule has 0 radical (unpaired) electrons. The molecule has 0 aliphatic heterocycles. The highest BCUT2D eigenvalue weighted by atomic mass is 16.5. The van der Waals surface area contributed by atoms with Crippen LogP contribution in [0.3, 0.4) is 0 Å². The average molecular weight is 236 g/mol. The highest BCUT2D eigenvalue weighted by molar-refractivity contribution is 5.23. The van der Waals surface area contributed by atoms with Crippen molar-refractivity contribution < 1.29 is 4.74 Å². The lowest BCUT2D eigenvalue weighted by molar-refractivity contribution is 0.125. The molecule has 96 valence electrons. The summed E-state index contributed by atoms with van der Waals surface area (Å²) < 4.78 is 5.14. The normalized spacial score (nSPS) is 11.4. The largest absolute Gasteiger partial charge is 0.383 e. The predicted octanol–water partition coefficient (Wildman–Crippen LogP) is 2.00. The van der Waals surface area contributed by atoms with E-state index in [-0.39, 0.29) is 0 Å². The van der Waals surface area contributed by atoms with Gasteiger partial charge in [-0.1, -0.05) is 24.3 Å². The van der Waals surface area contributed by atoms with Crippen LogP contribution in [0.1, 0.15) is 25.0 Å². The van der Waals surface area contributed by atoms with E-state index in [1.54, 1.807) is 7.11 Å². The van der Waals surface area contributed by atoms with Gasteiger partial charge in [-0.3, -0.25) is 4.90 Å². The lowest BCUT2D eigenvalue weighted by Gasteiger charge is -2.26. The Morgan fingerprint density at radius 3 is 2.59 bits per heavy atom. The maximum atomic E-state index is 5.66. The maximum absolute atomic E-state index is 5.66. The van der Waals surface area contributed by atoms with Gasteiger partial charge in [0.1, 0.15) is 0 Å². The molecule has 3 nitrogen and oxygen atoms in total. The number of hydrogen-bond acceptors (Lipinski definition) is 3. The van der Waals surface area contributed by atoms with Crippen LogP contribution in [0.25, 0.3) is 0 Å². The molecule has 0 saturated heterocycles. The van der Waals surface area contributed by atoms with E-state index in [9.17, 15) is 0 Å². The van der Waals surface area contributed by atoms with Crippen LogP contribution < -0.4 is 5.73 Å². The quantitative estimate of drug-likeness (QED) is 0.787. The molecule has 0 unspecified atom stereocenters. The second-order valence-corrected chi connectivity index (χ2v) is 4.58. The molecule has 0 amide bonds. The van der Waals surface area contributed by atoms with Crippen molar-refractivity contribution >= 4 is 0 Å². The zero-order chi connectivity index (χ0) is 12.7. The van der Waals surface area contributed by atoms with Gasteiger partial charge in [0, 0.05) is 32.8 Å². The molecule has 17 heavy (non-hydrogen) atoms. The first kappa shape index (κ1) is 14.2. The molecule has 1 aromatic carbocycles. The summed E-state index contributed by atoms with van der Waals surface area (Å²) in [5.41, 5.74) is 8.17. The summed E-state index contributed by atoms with van der Waals surface area (Å²) in [5.74, 6) is 0. The Bertz CT molecular complexity index is 326. The molecular formula is C14H24N2O. The summed E-state index contributed by atoms with van der Waals surface area (Å²) in [5, 5.41) is 0. The Labute approximate surface area is 105 Å². The van der Waals surface area contributed by atoms with Gasteiger partial charge in [0.05, 0.1) is 6.61 Å². The lowest BCUT2D eigenvalue weighted by atomic mass is 10.1. The molecule has 0 aliphatic rings. The van der Waals surface area contributed by atoms with Crippen LogP contribution in [0.15, 0.2) is 24.3 Å². The van der Waals surface area contributed by atoms with Gasteiger partial charge < -0.3 is 10.5 Å². The van der Waals surface area contributed by atoms with E-state index in [0.717, 1.165) is 19.7 Å². The van der Waals surface area contributed by atoms with Crippen molar-refractivity contribution in [2.75, 3.05) is 20.3 Å². The fourth-order valence-electron chi connectivity index (χ4n) is 1.82. The summed E-state index contributed by atoms with van der Waals surface area (Å²) in [6.07, 6.45) is 0. The van der Waals surface area contributed by atoms with Gasteiger partial charge in [-0.2, -0.15) is 0 Å². The summed E-state index contributed by atoms with van der Waals surface area (Å²) in [6, 6.07) is 9.00. The van der Waals surface area contributed by atoms with Crippen LogP contribution in [0, 0.1) is 0 Å². The van der Waals surface area contributed by atoms with Crippen LogP contribution in [0.4, 0.5) is 0 Å². The highest BCUT2D eigenvalue weighted by Crippen LogP contribution is 2.10. The molecule has 0 bridgehead atoms. The zero-order valence-corrected chi connectivity index (χ0v) is 11.1. The summed E-state index contributed by atoms with van der Waals surface area (Å²) >= 11 is 0. The maximum Gasteiger partial charge on any atom is 0.0589 e. The van der Waals surface area contributed by atoms with E-state index < -0.39 is 0 Å². The number of hydrogen-bond donors (Lipinski definition) is 1. The van der Waals surface area contributed by atoms with Crippen molar-refractivity contribution in [1.29, 1.82) is 0 Å². The van der Waals surface area contributed by atoms with Gasteiger partial charge in [0.25, 0.3) is 0 Å². The smallest absolute Gasteiger partial charge is 0.0589 e. The highest BCUT2D eigenvalue weighted by Gasteiger charge is 2.09. The molecule has 1 aromatic rings. The molecule has 0 saturated carbocycles. The van der Waals surface area contributed by atoms with Gasteiger partial charge in [-0.25, -0.2) is 0 Å². The second-order valence-electron chi connectivity index (χ2n) is 4.58. The average Bonchev–Trinajstić information content (AvgIpc) is 2.34. The summed E-state index contributed by atoms with van der Waals surface area (Å²) in [7, 11) is 1.74. The molecular weight excluding hydrogens is 212 g/mol. The van der Waals surface area contributed by atoms with Crippen molar-refractivity contribution in [3.05, 3.63) is 35.4 Å². The van der Waals surface area contributed by atoms with Crippen molar-refractivity contribution in [3.63, 3.8) is 0 Å². The standard InChI is InChI=1S/C14H24N2O/c1-12(2)16(7-8-17-3)11-14-6-4-5-13(9-14)10-15/h4-6,9,12H,7-8,10-11,15H2,1-3H3. The Kier molecular flexibility index (Phi) is 6.19. The van der Waals surface area contributed by atoms with E-state index >= 15 is 0 Å². The minimum absolute atomic E-state index is 0.520. The number of rotatable bonds is 7. The van der Waals surface area contributed by atoms with E-state index in [0.29, 0.717) is 12.6 Å². The molecule has 3 heteroatoms. The van der Waals surface area contributed by atoms with Crippen molar-refractivity contribution in [1.82, 2.24) is 4.90 Å². The zero-order valence-electron chi connectivity index (χ0n) is 11.1. The SMILES string of the molecule is COCCN(Cc1cccc(CN)c1)C(C)C. The van der Waals surface area contributed by atoms with Gasteiger partial charge in [0.15, 0.2) is 0 Å². The van der Waals surface area contributed by atoms with Gasteiger partial charge >= 0.3 is 0 Å². The first-order valence-electron chi connectivity index (χ1n) is 6.18. The Morgan fingerprint density at radius 1 is 1.29 bits per heavy atom. The number of ether oxygens (including phenoxy) is 1. The molecule has 0 aromatic heterocycles. The Hall–Kier alpha value is -0.900. The van der Waals surface area contributed by atoms with Crippen molar-refractivity contribution in [2.45, 2.75) is 33.0 Å². The van der Waals surface area contributed by atoms with Crippen LogP contribution in [-0.2, 0) is 17.8 Å². The van der Waals surface area contributed by atoms with Crippen LogP contribution in [-0.4, -0.2) is 31.2 Å². The first-order valence-corrected chi connectivity index (χ1v) is 6.18. The third kappa shape index (κ3) is 4.86. The molecule has 2 N–H and O–H groups in total. The minimum atomic E-state index is 0.520. The third-order valence-corrected chi connectivity index (χ3v) is 2.93. The Balaban J connectivity index is 2.64. The topological polar surface area (TPSA) is 38.5 Å². The summed E-state index contributed by atoms with van der Waals surface area (Å²) in [4.78, 5) is 2.40. The fourth-order valence-corrected chi connectivity index (χ4v) is 1.82. The third-order valence-electron chi connectivity index (χ3n) is 2.93. The molecule has 0 fully saturated rings. The minimum Gasteiger partial charge on any atom is -0.383 e. The molecule has 0 aliphatic carbocycles. The lowest BCUT2D eigenvalue weighted by Crippen LogP contribution is -2.33. The monoisotopic (exact) mass is 236 g/mol. The van der Waals surface area contributed by atoms with E-state index in [1.807, 2.05) is 0 Å². The van der Waals surface area contributed by atoms with Crippen molar-refractivity contribution in [2.24, 2.45) is 5.73 Å². The second kappa shape index (κ2) is 7.43. The number of nitrogens with two attached hydrogens (primary N) is 1. The van der Waals surface area contributed by atoms with Crippen LogP contribution in [0.2, 0.25) is 0 Å². The van der Waals surface area contributed by atoms with Crippen LogP contribution in [0.5, 0.6) is 0 Å². The van der Waals surface area contributed by atoms with E-state index in [2.05, 4.69) is 43.0 Å². The van der Waals surface area contributed by atoms with Gasteiger partial charge in [-0.15, -0.1) is 0 Å². The van der Waals surface area contributed by atoms with Crippen LogP contribution >= 0.6 is 0 Å². The summed E-state index contributed by atoms with van der Waals surface area (Å²) in [6.45, 7) is 7.71. The Morgan fingerprint density at radius 2 is 2.00 bits per heavy atom. The predicted molar refractivity (Wildman–Crippen MR) is 71.8 cm³/mol. The molecule has 0 heterocycles. The van der Waals surface area contributed by atoms with Gasteiger partial charge in [-0.05, 0) is 25.0 Å². The number of benzene rings is 1. The molecule has 0 spiro atoms. The number of methoxy groups -OCH3 is 1. The number of nitrogens with zero attached hydrogens (tertiary/aromatic N) is 1. The van der Waals surface area contributed by atoms with E-state index in [4.69, 9.17) is 10.5 Å².